The van der Waals surface area contributed by atoms with Crippen LogP contribution in [0.5, 0.6) is 0 Å². The van der Waals surface area contributed by atoms with Gasteiger partial charge in [0.25, 0.3) is 0 Å². The second kappa shape index (κ2) is 28.5. The number of rotatable bonds is 13. The predicted molar refractivity (Wildman–Crippen MR) is 301 cm³/mol. The number of amides is 3. The molecule has 0 saturated heterocycles. The predicted octanol–water partition coefficient (Wildman–Crippen LogP) is 10.7. The van der Waals surface area contributed by atoms with Gasteiger partial charge in [-0.3, -0.25) is 0 Å². The number of aryl methyl sites for hydroxylation is 3. The van der Waals surface area contributed by atoms with Crippen LogP contribution >= 0.6 is 24.2 Å². The molecule has 3 amide bonds. The lowest BCUT2D eigenvalue weighted by molar-refractivity contribution is 0.0415. The molecule has 6 N–H and O–H groups in total. The number of alkyl carbamates (subject to hydrolysis) is 3. The standard InChI is InChI=1S/C17H25NO4S.C17H25NO2S.C12H17NO2S.C10H19NO3.ClH/c1-12-6-5-7-15(8-12)23(20,21)11-13-9-14(10-13)18-16(19)22-17(2,3)4;1-12-6-5-7-15(8-12)21-11-13-9-14(10-13)18-16(19)20-17(2,3)4;1-9-3-2-4-12(5-9)16(14,15)8-10-6-11(13)7-10;1-10(2,3)14-9(13)11-8-4-7(5-8)6-12;/h5-8,13-14H,9-11H2,1-4H3,(H,18,19);5-8,13-14H,9-11H2,1-4H3,(H,18,19);2-5,10-11H,6-8,13H2,1H3;7-8,12H,4-6H2,1-3H3,(H,11,13);1H. The first-order chi connectivity index (χ1) is 34.2. The van der Waals surface area contributed by atoms with E-state index in [-0.39, 0.29) is 78.7 Å². The zero-order valence-electron chi connectivity index (χ0n) is 46.3. The van der Waals surface area contributed by atoms with Crippen molar-refractivity contribution in [1.82, 2.24) is 16.0 Å². The van der Waals surface area contributed by atoms with Gasteiger partial charge >= 0.3 is 18.3 Å². The lowest BCUT2D eigenvalue weighted by atomic mass is 9.81. The lowest BCUT2D eigenvalue weighted by Crippen LogP contribution is -2.47. The van der Waals surface area contributed by atoms with Gasteiger partial charge < -0.3 is 41.0 Å². The van der Waals surface area contributed by atoms with Crippen LogP contribution in [0.25, 0.3) is 0 Å². The minimum absolute atomic E-state index is 0. The lowest BCUT2D eigenvalue weighted by Gasteiger charge is -2.36. The van der Waals surface area contributed by atoms with Gasteiger partial charge in [0.05, 0.1) is 21.3 Å². The van der Waals surface area contributed by atoms with Crippen molar-refractivity contribution in [1.29, 1.82) is 0 Å². The Morgan fingerprint density at radius 2 is 0.880 bits per heavy atom. The van der Waals surface area contributed by atoms with E-state index in [1.807, 2.05) is 100 Å². The van der Waals surface area contributed by atoms with E-state index in [2.05, 4.69) is 47.1 Å². The van der Waals surface area contributed by atoms with E-state index >= 15 is 0 Å². The molecular weight excluding hydrogens is 1040 g/mol. The van der Waals surface area contributed by atoms with Crippen molar-refractivity contribution in [2.24, 2.45) is 29.4 Å². The van der Waals surface area contributed by atoms with Gasteiger partial charge in [-0.05, 0) is 206 Å². The number of carbonyl (C=O) groups excluding carboxylic acids is 3. The highest BCUT2D eigenvalue weighted by molar-refractivity contribution is 7.99. The number of nitrogens with one attached hydrogen (secondary N) is 3. The van der Waals surface area contributed by atoms with Crippen LogP contribution in [0.2, 0.25) is 0 Å². The van der Waals surface area contributed by atoms with E-state index in [1.165, 1.54) is 10.5 Å². The average Bonchev–Trinajstić information content (AvgIpc) is 3.20. The number of hydrogen-bond donors (Lipinski definition) is 5. The maximum atomic E-state index is 12.4. The van der Waals surface area contributed by atoms with Crippen LogP contribution in [-0.2, 0) is 33.9 Å². The maximum Gasteiger partial charge on any atom is 0.407 e. The molecule has 4 aliphatic rings. The van der Waals surface area contributed by atoms with Crippen molar-refractivity contribution >= 4 is 62.1 Å². The van der Waals surface area contributed by atoms with Crippen LogP contribution in [0.1, 0.15) is 130 Å². The average molecular weight is 1120 g/mol. The summed E-state index contributed by atoms with van der Waals surface area (Å²) < 4.78 is 64.5. The summed E-state index contributed by atoms with van der Waals surface area (Å²) in [4.78, 5) is 36.7. The molecule has 4 saturated carbocycles. The van der Waals surface area contributed by atoms with Gasteiger partial charge in [0.1, 0.15) is 16.8 Å². The molecule has 0 radical (unpaired) electrons. The Labute approximate surface area is 459 Å². The summed E-state index contributed by atoms with van der Waals surface area (Å²) >= 11 is 1.91. The number of aliphatic hydroxyl groups excluding tert-OH is 1. The molecule has 422 valence electrons. The molecule has 0 bridgehead atoms. The molecule has 15 nitrogen and oxygen atoms in total. The van der Waals surface area contributed by atoms with E-state index < -0.39 is 42.6 Å². The van der Waals surface area contributed by atoms with Crippen molar-refractivity contribution in [3.63, 3.8) is 0 Å². The topological polar surface area (TPSA) is 230 Å². The highest BCUT2D eigenvalue weighted by Gasteiger charge is 2.36. The number of ether oxygens (including phenoxy) is 3. The van der Waals surface area contributed by atoms with Crippen LogP contribution in [0, 0.1) is 44.4 Å². The third-order valence-electron chi connectivity index (χ3n) is 12.5. The van der Waals surface area contributed by atoms with Crippen LogP contribution in [-0.4, -0.2) is 105 Å². The Hall–Kier alpha value is -4.07. The van der Waals surface area contributed by atoms with Crippen LogP contribution in [0.3, 0.4) is 0 Å². The quantitative estimate of drug-likeness (QED) is 0.0793. The van der Waals surface area contributed by atoms with Crippen molar-refractivity contribution in [3.05, 3.63) is 89.5 Å². The molecule has 19 heteroatoms. The first-order valence-electron chi connectivity index (χ1n) is 25.9. The Morgan fingerprint density at radius 3 is 1.21 bits per heavy atom. The van der Waals surface area contributed by atoms with E-state index in [0.29, 0.717) is 34.5 Å². The van der Waals surface area contributed by atoms with E-state index in [4.69, 9.17) is 25.1 Å². The van der Waals surface area contributed by atoms with Crippen molar-refractivity contribution in [2.45, 2.75) is 190 Å². The van der Waals surface area contributed by atoms with Gasteiger partial charge in [-0.1, -0.05) is 42.0 Å². The van der Waals surface area contributed by atoms with Crippen molar-refractivity contribution < 1.29 is 50.5 Å². The summed E-state index contributed by atoms with van der Waals surface area (Å²) in [6.07, 6.45) is 5.74. The number of hydrogen-bond acceptors (Lipinski definition) is 13. The Morgan fingerprint density at radius 1 is 0.547 bits per heavy atom. The summed E-state index contributed by atoms with van der Waals surface area (Å²) in [6, 6.07) is 23.3. The zero-order valence-corrected chi connectivity index (χ0v) is 49.5. The molecule has 4 fully saturated rings. The fraction of sp³-hybridized carbons (Fsp3) is 0.625. The Bertz CT molecular complexity index is 2520. The highest BCUT2D eigenvalue weighted by atomic mass is 35.5. The van der Waals surface area contributed by atoms with Gasteiger partial charge in [0.15, 0.2) is 19.7 Å². The number of carbonyl (C=O) groups is 3. The Kier molecular flexibility index (Phi) is 24.8. The van der Waals surface area contributed by atoms with Crippen molar-refractivity contribution in [3.8, 4) is 0 Å². The number of nitrogens with two attached hydrogens (primary N) is 1. The summed E-state index contributed by atoms with van der Waals surface area (Å²) in [5, 5.41) is 17.3. The largest absolute Gasteiger partial charge is 0.444 e. The number of aliphatic hydroxyl groups is 1. The zero-order chi connectivity index (χ0) is 55.2. The molecular formula is C56H87ClN4O11S3. The highest BCUT2D eigenvalue weighted by Crippen LogP contribution is 2.34. The molecule has 3 aromatic carbocycles. The molecule has 0 heterocycles. The Balaban J connectivity index is 0.000000267. The monoisotopic (exact) mass is 1120 g/mol. The van der Waals surface area contributed by atoms with E-state index in [9.17, 15) is 31.2 Å². The van der Waals surface area contributed by atoms with Gasteiger partial charge in [-0.2, -0.15) is 0 Å². The summed E-state index contributed by atoms with van der Waals surface area (Å²) in [5.41, 5.74) is 7.48. The van der Waals surface area contributed by atoms with Crippen LogP contribution in [0.4, 0.5) is 14.4 Å². The van der Waals surface area contributed by atoms with Crippen LogP contribution in [0.15, 0.2) is 87.5 Å². The SMILES string of the molecule is CC(C)(C)OC(=O)NC1CC(CO)C1.Cc1cccc(S(=O)(=O)CC2CC(N)C2)c1.Cc1cccc(S(=O)(=O)CC2CC(NC(=O)OC(C)(C)C)C2)c1.Cc1cccc(SCC2CC(NC(=O)OC(C)(C)C)C2)c1.Cl. The second-order valence-electron chi connectivity index (χ2n) is 23.6. The molecule has 0 spiro atoms. The third kappa shape index (κ3) is 24.9. The fourth-order valence-corrected chi connectivity index (χ4v) is 13.3. The smallest absolute Gasteiger partial charge is 0.407 e. The molecule has 0 atom stereocenters. The molecule has 7 rings (SSSR count). The van der Waals surface area contributed by atoms with Gasteiger partial charge in [0.2, 0.25) is 0 Å². The number of halogens is 1. The molecule has 75 heavy (non-hydrogen) atoms. The normalized spacial score (nSPS) is 22.9. The molecule has 4 aliphatic carbocycles. The van der Waals surface area contributed by atoms with Crippen LogP contribution < -0.4 is 21.7 Å². The molecule has 0 unspecified atom stereocenters. The summed E-state index contributed by atoms with van der Waals surface area (Å²) in [7, 11) is -6.39. The first kappa shape index (κ1) is 65.2. The van der Waals surface area contributed by atoms with E-state index in [1.54, 1.807) is 36.4 Å². The number of sulfone groups is 2. The first-order valence-corrected chi connectivity index (χ1v) is 30.2. The summed E-state index contributed by atoms with van der Waals surface area (Å²) in [5.74, 6) is 2.87. The fourth-order valence-electron chi connectivity index (χ4n) is 8.68. The van der Waals surface area contributed by atoms with E-state index in [0.717, 1.165) is 55.4 Å². The van der Waals surface area contributed by atoms with Gasteiger partial charge in [-0.15, -0.1) is 24.2 Å². The maximum absolute atomic E-state index is 12.4. The number of thioether (sulfide) groups is 1. The second-order valence-corrected chi connectivity index (χ2v) is 28.8. The molecule has 3 aromatic rings. The minimum atomic E-state index is -3.27. The van der Waals surface area contributed by atoms with Gasteiger partial charge in [-0.25, -0.2) is 31.2 Å². The third-order valence-corrected chi connectivity index (χ3v) is 17.5. The van der Waals surface area contributed by atoms with Crippen molar-refractivity contribution in [2.75, 3.05) is 23.9 Å². The van der Waals surface area contributed by atoms with Gasteiger partial charge in [0, 0.05) is 41.4 Å². The minimum Gasteiger partial charge on any atom is -0.444 e. The molecule has 0 aromatic heterocycles. The molecule has 0 aliphatic heterocycles. The number of benzene rings is 3. The summed E-state index contributed by atoms with van der Waals surface area (Å²) in [6.45, 7) is 22.7.